The molecular weight excluding hydrogens is 366 g/mol. The van der Waals surface area contributed by atoms with Gasteiger partial charge in [-0.1, -0.05) is 24.4 Å². The number of phenolic OH excluding ortho intramolecular Hbond substituents is 1. The summed E-state index contributed by atoms with van der Waals surface area (Å²) in [6, 6.07) is 5.00. The third-order valence-corrected chi connectivity index (χ3v) is 6.23. The van der Waals surface area contributed by atoms with Crippen molar-refractivity contribution in [2.45, 2.75) is 62.9 Å². The Morgan fingerprint density at radius 1 is 1.19 bits per heavy atom. The first-order valence-corrected chi connectivity index (χ1v) is 9.93. The van der Waals surface area contributed by atoms with Gasteiger partial charge in [-0.15, -0.1) is 10.2 Å². The van der Waals surface area contributed by atoms with Crippen molar-refractivity contribution in [2.75, 3.05) is 5.32 Å². The van der Waals surface area contributed by atoms with Gasteiger partial charge in [0.15, 0.2) is 5.82 Å². The zero-order valence-electron chi connectivity index (χ0n) is 14.9. The van der Waals surface area contributed by atoms with Crippen LogP contribution in [0.1, 0.15) is 49.7 Å². The fourth-order valence-electron chi connectivity index (χ4n) is 4.37. The van der Waals surface area contributed by atoms with Crippen molar-refractivity contribution in [3.8, 4) is 17.0 Å². The Labute approximate surface area is 162 Å². The summed E-state index contributed by atoms with van der Waals surface area (Å²) >= 11 is 5.97. The molecule has 6 nitrogen and oxygen atoms in total. The molecule has 0 bridgehead atoms. The molecule has 1 aromatic heterocycles. The van der Waals surface area contributed by atoms with E-state index >= 15 is 0 Å². The molecule has 3 N–H and O–H groups in total. The van der Waals surface area contributed by atoms with Gasteiger partial charge in [-0.25, -0.2) is 0 Å². The molecule has 2 aromatic rings. The number of aliphatic hydroxyl groups excluding tert-OH is 1. The van der Waals surface area contributed by atoms with E-state index in [4.69, 9.17) is 16.3 Å². The number of anilines is 1. The summed E-state index contributed by atoms with van der Waals surface area (Å²) in [7, 11) is 0. The number of fused-ring (bicyclic) bond motifs is 2. The summed E-state index contributed by atoms with van der Waals surface area (Å²) in [5.41, 5.74) is 2.96. The number of benzene rings is 1. The number of halogens is 1. The molecule has 2 atom stereocenters. The van der Waals surface area contributed by atoms with Crippen molar-refractivity contribution in [1.82, 2.24) is 10.2 Å². The average molecular weight is 388 g/mol. The van der Waals surface area contributed by atoms with E-state index in [1.807, 2.05) is 0 Å². The highest BCUT2D eigenvalue weighted by molar-refractivity contribution is 6.30. The van der Waals surface area contributed by atoms with Crippen LogP contribution in [0.2, 0.25) is 5.02 Å². The molecule has 0 saturated heterocycles. The molecule has 142 valence electrons. The Hall–Kier alpha value is -1.89. The van der Waals surface area contributed by atoms with Crippen LogP contribution in [0.25, 0.3) is 11.3 Å². The first kappa shape index (κ1) is 17.2. The smallest absolute Gasteiger partial charge is 0.155 e. The summed E-state index contributed by atoms with van der Waals surface area (Å²) in [5, 5.41) is 33.5. The van der Waals surface area contributed by atoms with Crippen LogP contribution in [0.3, 0.4) is 0 Å². The number of ether oxygens (including phenoxy) is 1. The topological polar surface area (TPSA) is 87.5 Å². The quantitative estimate of drug-likeness (QED) is 0.743. The molecule has 0 unspecified atom stereocenters. The lowest BCUT2D eigenvalue weighted by Crippen LogP contribution is -2.37. The number of rotatable bonds is 3. The van der Waals surface area contributed by atoms with Crippen LogP contribution in [0.5, 0.6) is 5.75 Å². The fourth-order valence-corrected chi connectivity index (χ4v) is 4.54. The summed E-state index contributed by atoms with van der Waals surface area (Å²) in [6.07, 6.45) is 5.44. The minimum Gasteiger partial charge on any atom is -0.507 e. The van der Waals surface area contributed by atoms with Gasteiger partial charge < -0.3 is 20.3 Å². The van der Waals surface area contributed by atoms with Crippen LogP contribution < -0.4 is 5.32 Å². The Balaban J connectivity index is 1.58. The number of aliphatic hydroxyl groups is 1. The van der Waals surface area contributed by atoms with Crippen molar-refractivity contribution in [1.29, 1.82) is 0 Å². The highest BCUT2D eigenvalue weighted by Crippen LogP contribution is 2.58. The molecule has 1 aliphatic heterocycles. The Kier molecular flexibility index (Phi) is 4.04. The molecule has 1 aromatic carbocycles. The van der Waals surface area contributed by atoms with Gasteiger partial charge in [-0.05, 0) is 43.9 Å². The molecule has 5 rings (SSSR count). The Morgan fingerprint density at radius 3 is 2.74 bits per heavy atom. The first-order valence-electron chi connectivity index (χ1n) is 9.55. The van der Waals surface area contributed by atoms with E-state index in [2.05, 4.69) is 15.5 Å². The second-order valence-corrected chi connectivity index (χ2v) is 8.23. The second-order valence-electron chi connectivity index (χ2n) is 7.80. The van der Waals surface area contributed by atoms with Crippen LogP contribution in [0, 0.1) is 0 Å². The van der Waals surface area contributed by atoms with Crippen molar-refractivity contribution in [3.05, 3.63) is 34.3 Å². The number of nitrogens with one attached hydrogen (secondary N) is 1. The van der Waals surface area contributed by atoms with Crippen LogP contribution in [0.15, 0.2) is 18.2 Å². The maximum atomic E-state index is 10.3. The van der Waals surface area contributed by atoms with Gasteiger partial charge in [0.2, 0.25) is 0 Å². The Bertz CT molecular complexity index is 900. The third-order valence-electron chi connectivity index (χ3n) is 5.99. The van der Waals surface area contributed by atoms with Crippen molar-refractivity contribution in [2.24, 2.45) is 0 Å². The van der Waals surface area contributed by atoms with Gasteiger partial charge in [0.25, 0.3) is 0 Å². The molecule has 7 heteroatoms. The van der Waals surface area contributed by atoms with Crippen LogP contribution in [-0.4, -0.2) is 32.6 Å². The van der Waals surface area contributed by atoms with Gasteiger partial charge >= 0.3 is 0 Å². The van der Waals surface area contributed by atoms with E-state index in [1.165, 1.54) is 6.07 Å². The summed E-state index contributed by atoms with van der Waals surface area (Å²) in [6.45, 7) is 0.449. The van der Waals surface area contributed by atoms with Crippen molar-refractivity contribution in [3.63, 3.8) is 0 Å². The van der Waals surface area contributed by atoms with E-state index in [0.717, 1.165) is 49.7 Å². The lowest BCUT2D eigenvalue weighted by Gasteiger charge is -2.29. The van der Waals surface area contributed by atoms with Gasteiger partial charge in [0.1, 0.15) is 11.4 Å². The second kappa shape index (κ2) is 6.33. The van der Waals surface area contributed by atoms with Gasteiger partial charge in [0, 0.05) is 21.7 Å². The number of aromatic hydroxyl groups is 1. The predicted molar refractivity (Wildman–Crippen MR) is 102 cm³/mol. The highest BCUT2D eigenvalue weighted by atomic mass is 35.5. The Morgan fingerprint density at radius 2 is 2.00 bits per heavy atom. The fraction of sp³-hybridized carbons (Fsp3) is 0.500. The maximum absolute atomic E-state index is 10.3. The summed E-state index contributed by atoms with van der Waals surface area (Å²) in [5.74, 6) is 0.794. The molecule has 2 heterocycles. The van der Waals surface area contributed by atoms with Gasteiger partial charge in [-0.2, -0.15) is 0 Å². The molecule has 2 fully saturated rings. The highest BCUT2D eigenvalue weighted by Gasteiger charge is 2.54. The lowest BCUT2D eigenvalue weighted by atomic mass is 9.92. The minimum absolute atomic E-state index is 0.0108. The zero-order chi connectivity index (χ0) is 18.6. The standard InChI is InChI=1S/C20H22ClN3O3/c21-11-5-6-12(16(26)9-11)18-13-10-27-20(7-8-20)17(13)19(24-23-18)22-14-3-1-2-4-15(14)25/h5-6,9,14-15,25-26H,1-4,7-8,10H2,(H,22,24)/t14-,15-/m1/s1. The normalized spacial score (nSPS) is 25.4. The summed E-state index contributed by atoms with van der Waals surface area (Å²) in [4.78, 5) is 0. The SMILES string of the molecule is Oc1cc(Cl)ccc1-c1nnc(N[C@@H]2CCCC[C@H]2O)c2c1COC21CC1. The molecule has 2 saturated carbocycles. The molecule has 3 aliphatic rings. The summed E-state index contributed by atoms with van der Waals surface area (Å²) < 4.78 is 6.11. The van der Waals surface area contributed by atoms with Gasteiger partial charge in [-0.3, -0.25) is 0 Å². The maximum Gasteiger partial charge on any atom is 0.155 e. The van der Waals surface area contributed by atoms with Crippen LogP contribution in [0.4, 0.5) is 5.82 Å². The van der Waals surface area contributed by atoms with E-state index in [9.17, 15) is 10.2 Å². The number of phenols is 1. The average Bonchev–Trinajstić information content (AvgIpc) is 3.32. The first-order chi connectivity index (χ1) is 13.1. The molecule has 1 spiro atoms. The van der Waals surface area contributed by atoms with Gasteiger partial charge in [0.05, 0.1) is 24.4 Å². The van der Waals surface area contributed by atoms with E-state index in [0.29, 0.717) is 28.7 Å². The number of nitrogens with zero attached hydrogens (tertiary/aromatic N) is 2. The molecule has 0 radical (unpaired) electrons. The van der Waals surface area contributed by atoms with Crippen molar-refractivity contribution < 1.29 is 14.9 Å². The third kappa shape index (κ3) is 2.87. The van der Waals surface area contributed by atoms with E-state index in [-0.39, 0.29) is 23.5 Å². The number of aromatic nitrogens is 2. The monoisotopic (exact) mass is 387 g/mol. The van der Waals surface area contributed by atoms with E-state index in [1.54, 1.807) is 12.1 Å². The predicted octanol–water partition coefficient (Wildman–Crippen LogP) is 3.74. The van der Waals surface area contributed by atoms with E-state index < -0.39 is 0 Å². The number of hydrogen-bond donors (Lipinski definition) is 3. The van der Waals surface area contributed by atoms with Crippen molar-refractivity contribution >= 4 is 17.4 Å². The largest absolute Gasteiger partial charge is 0.507 e. The molecule has 0 amide bonds. The molecule has 27 heavy (non-hydrogen) atoms. The number of hydrogen-bond acceptors (Lipinski definition) is 6. The zero-order valence-corrected chi connectivity index (χ0v) is 15.7. The molecular formula is C20H22ClN3O3. The molecule has 2 aliphatic carbocycles. The lowest BCUT2D eigenvalue weighted by molar-refractivity contribution is 0.0444. The van der Waals surface area contributed by atoms with Crippen LogP contribution >= 0.6 is 11.6 Å². The van der Waals surface area contributed by atoms with Crippen LogP contribution in [-0.2, 0) is 16.9 Å². The minimum atomic E-state index is -0.367.